The summed E-state index contributed by atoms with van der Waals surface area (Å²) in [6, 6.07) is 11.6. The molecule has 2 rings (SSSR count). The average molecular weight is 284 g/mol. The molecule has 3 nitrogen and oxygen atoms in total. The smallest absolute Gasteiger partial charge is 0.303 e. The molecule has 0 heterocycles. The maximum absolute atomic E-state index is 12.6. The lowest BCUT2D eigenvalue weighted by molar-refractivity contribution is -0.139. The predicted molar refractivity (Wildman–Crippen MR) is 83.7 cm³/mol. The third kappa shape index (κ3) is 3.48. The number of carbonyl (C=O) groups excluding carboxylic acids is 1. The van der Waals surface area contributed by atoms with Gasteiger partial charge in [0.1, 0.15) is 0 Å². The van der Waals surface area contributed by atoms with Crippen LogP contribution in [0.4, 0.5) is 0 Å². The van der Waals surface area contributed by atoms with Crippen molar-refractivity contribution in [3.8, 4) is 0 Å². The van der Waals surface area contributed by atoms with E-state index in [-0.39, 0.29) is 18.6 Å². The number of ketones is 1. The van der Waals surface area contributed by atoms with Gasteiger partial charge in [0, 0.05) is 12.0 Å². The molecule has 0 aliphatic rings. The zero-order chi connectivity index (χ0) is 15.6. The molecule has 0 aliphatic heterocycles. The number of carbonyl (C=O) groups is 2. The monoisotopic (exact) mass is 284 g/mol. The molecule has 0 fully saturated rings. The molecule has 0 amide bonds. The highest BCUT2D eigenvalue weighted by Crippen LogP contribution is 2.30. The Hall–Kier alpha value is -2.16. The summed E-state index contributed by atoms with van der Waals surface area (Å²) in [6.45, 7) is 5.65. The third-order valence-electron chi connectivity index (χ3n) is 3.71. The maximum atomic E-state index is 12.6. The van der Waals surface area contributed by atoms with E-state index in [9.17, 15) is 9.59 Å². The van der Waals surface area contributed by atoms with E-state index in [1.165, 1.54) is 0 Å². The zero-order valence-corrected chi connectivity index (χ0v) is 12.6. The maximum Gasteiger partial charge on any atom is 0.303 e. The van der Waals surface area contributed by atoms with Gasteiger partial charge in [0.2, 0.25) is 0 Å². The van der Waals surface area contributed by atoms with Crippen LogP contribution in [0.15, 0.2) is 36.4 Å². The van der Waals surface area contributed by atoms with E-state index in [0.29, 0.717) is 5.56 Å². The van der Waals surface area contributed by atoms with Crippen molar-refractivity contribution in [1.29, 1.82) is 0 Å². The lowest BCUT2D eigenvalue weighted by Crippen LogP contribution is -2.21. The molecule has 0 unspecified atom stereocenters. The van der Waals surface area contributed by atoms with Gasteiger partial charge in [-0.1, -0.05) is 50.2 Å². The summed E-state index contributed by atoms with van der Waals surface area (Å²) in [4.78, 5) is 23.5. The average Bonchev–Trinajstić information content (AvgIpc) is 2.37. The van der Waals surface area contributed by atoms with Crippen LogP contribution in [0, 0.1) is 12.3 Å². The molecular formula is C18H20O3. The number of hydrogen-bond acceptors (Lipinski definition) is 2. The first-order valence-electron chi connectivity index (χ1n) is 7.03. The number of rotatable bonds is 5. The summed E-state index contributed by atoms with van der Waals surface area (Å²) >= 11 is 0. The largest absolute Gasteiger partial charge is 0.481 e. The number of hydrogen-bond donors (Lipinski definition) is 1. The van der Waals surface area contributed by atoms with E-state index in [1.54, 1.807) is 0 Å². The van der Waals surface area contributed by atoms with Crippen LogP contribution < -0.4 is 0 Å². The first-order chi connectivity index (χ1) is 9.80. The zero-order valence-electron chi connectivity index (χ0n) is 12.6. The number of fused-ring (bicyclic) bond motifs is 1. The molecule has 2 aromatic rings. The van der Waals surface area contributed by atoms with E-state index < -0.39 is 11.4 Å². The van der Waals surface area contributed by atoms with Gasteiger partial charge in [-0.3, -0.25) is 9.59 Å². The van der Waals surface area contributed by atoms with Gasteiger partial charge in [0.25, 0.3) is 0 Å². The van der Waals surface area contributed by atoms with E-state index in [1.807, 2.05) is 57.2 Å². The Morgan fingerprint density at radius 1 is 1.00 bits per heavy atom. The number of Topliss-reactive ketones (excluding diaryl/α,β-unsaturated/α-hetero) is 1. The molecule has 21 heavy (non-hydrogen) atoms. The summed E-state index contributed by atoms with van der Waals surface area (Å²) in [5.74, 6) is -0.876. The highest BCUT2D eigenvalue weighted by Gasteiger charge is 2.26. The first kappa shape index (κ1) is 15.2. The van der Waals surface area contributed by atoms with Gasteiger partial charge >= 0.3 is 5.97 Å². The summed E-state index contributed by atoms with van der Waals surface area (Å²) in [6.07, 6.45) is 0.217. The van der Waals surface area contributed by atoms with Gasteiger partial charge in [0.05, 0.1) is 6.42 Å². The molecule has 0 aromatic heterocycles. The van der Waals surface area contributed by atoms with Crippen molar-refractivity contribution in [1.82, 2.24) is 0 Å². The van der Waals surface area contributed by atoms with Crippen molar-refractivity contribution in [2.45, 2.75) is 33.6 Å². The van der Waals surface area contributed by atoms with Gasteiger partial charge in [0.15, 0.2) is 5.78 Å². The lowest BCUT2D eigenvalue weighted by Gasteiger charge is -2.21. The Kier molecular flexibility index (Phi) is 4.12. The molecule has 0 bridgehead atoms. The minimum absolute atomic E-state index is 0.00236. The van der Waals surface area contributed by atoms with Gasteiger partial charge < -0.3 is 5.11 Å². The second-order valence-electron chi connectivity index (χ2n) is 6.31. The Bertz CT molecular complexity index is 699. The van der Waals surface area contributed by atoms with Crippen LogP contribution in [0.1, 0.15) is 42.6 Å². The second-order valence-corrected chi connectivity index (χ2v) is 6.31. The minimum atomic E-state index is -0.874. The fourth-order valence-electron chi connectivity index (χ4n) is 2.69. The number of carboxylic acid groups (broad SMARTS) is 1. The second kappa shape index (κ2) is 5.68. The fourth-order valence-corrected chi connectivity index (χ4v) is 2.69. The molecule has 0 aliphatic carbocycles. The number of aliphatic carboxylic acids is 1. The molecule has 110 valence electrons. The topological polar surface area (TPSA) is 54.4 Å². The molecular weight excluding hydrogens is 264 g/mol. The molecule has 3 heteroatoms. The van der Waals surface area contributed by atoms with Crippen LogP contribution in [0.2, 0.25) is 0 Å². The van der Waals surface area contributed by atoms with Crippen LogP contribution >= 0.6 is 0 Å². The fraction of sp³-hybridized carbons (Fsp3) is 0.333. The first-order valence-corrected chi connectivity index (χ1v) is 7.03. The van der Waals surface area contributed by atoms with Gasteiger partial charge in [-0.15, -0.1) is 0 Å². The highest BCUT2D eigenvalue weighted by molar-refractivity contribution is 6.09. The Morgan fingerprint density at radius 2 is 1.62 bits per heavy atom. The van der Waals surface area contributed by atoms with Crippen LogP contribution in [0.25, 0.3) is 10.8 Å². The molecule has 1 N–H and O–H groups in total. The van der Waals surface area contributed by atoms with E-state index in [0.717, 1.165) is 16.3 Å². The molecule has 0 saturated heterocycles. The molecule has 0 saturated carbocycles. The van der Waals surface area contributed by atoms with Crippen molar-refractivity contribution in [2.24, 2.45) is 5.41 Å². The van der Waals surface area contributed by atoms with Crippen LogP contribution in [0.5, 0.6) is 0 Å². The van der Waals surface area contributed by atoms with Crippen molar-refractivity contribution < 1.29 is 14.7 Å². The van der Waals surface area contributed by atoms with Crippen molar-refractivity contribution >= 4 is 22.5 Å². The van der Waals surface area contributed by atoms with Gasteiger partial charge in [-0.2, -0.15) is 0 Å². The molecule has 0 atom stereocenters. The molecule has 0 radical (unpaired) electrons. The summed E-state index contributed by atoms with van der Waals surface area (Å²) < 4.78 is 0. The van der Waals surface area contributed by atoms with E-state index >= 15 is 0 Å². The van der Waals surface area contributed by atoms with Gasteiger partial charge in [-0.25, -0.2) is 0 Å². The number of aryl methyl sites for hydroxylation is 1. The third-order valence-corrected chi connectivity index (χ3v) is 3.71. The van der Waals surface area contributed by atoms with Crippen LogP contribution in [0.3, 0.4) is 0 Å². The quantitative estimate of drug-likeness (QED) is 0.836. The van der Waals surface area contributed by atoms with Gasteiger partial charge in [-0.05, 0) is 28.7 Å². The van der Waals surface area contributed by atoms with Crippen molar-refractivity contribution in [3.05, 3.63) is 47.5 Å². The Morgan fingerprint density at radius 3 is 2.24 bits per heavy atom. The summed E-state index contributed by atoms with van der Waals surface area (Å²) in [5, 5.41) is 10.9. The highest BCUT2D eigenvalue weighted by atomic mass is 16.4. The minimum Gasteiger partial charge on any atom is -0.481 e. The van der Waals surface area contributed by atoms with Crippen molar-refractivity contribution in [3.63, 3.8) is 0 Å². The SMILES string of the molecule is Cc1ccc(C(=O)CC(C)(C)CC(=O)O)c2ccccc12. The number of carboxylic acids is 1. The number of benzene rings is 2. The molecule has 0 spiro atoms. The lowest BCUT2D eigenvalue weighted by atomic mass is 9.82. The predicted octanol–water partition coefficient (Wildman–Crippen LogP) is 4.22. The van der Waals surface area contributed by atoms with Crippen molar-refractivity contribution in [2.75, 3.05) is 0 Å². The normalized spacial score (nSPS) is 11.6. The molecule has 2 aromatic carbocycles. The summed E-state index contributed by atoms with van der Waals surface area (Å²) in [5.41, 5.74) is 1.26. The van der Waals surface area contributed by atoms with Crippen LogP contribution in [-0.2, 0) is 4.79 Å². The standard InChI is InChI=1S/C18H20O3/c1-12-8-9-15(14-7-5-4-6-13(12)14)16(19)10-18(2,3)11-17(20)21/h4-9H,10-11H2,1-3H3,(H,20,21). The Labute approximate surface area is 124 Å². The Balaban J connectivity index is 2.37. The van der Waals surface area contributed by atoms with Crippen LogP contribution in [-0.4, -0.2) is 16.9 Å². The summed E-state index contributed by atoms with van der Waals surface area (Å²) in [7, 11) is 0. The van der Waals surface area contributed by atoms with E-state index in [4.69, 9.17) is 5.11 Å². The van der Waals surface area contributed by atoms with E-state index in [2.05, 4.69) is 0 Å².